The molecule has 0 saturated carbocycles. The Morgan fingerprint density at radius 3 is 2.80 bits per heavy atom. The van der Waals surface area contributed by atoms with Crippen LogP contribution in [0.25, 0.3) is 22.4 Å². The van der Waals surface area contributed by atoms with Crippen LogP contribution in [0.15, 0.2) is 30.6 Å². The molecule has 0 fully saturated rings. The number of rotatable bonds is 3. The van der Waals surface area contributed by atoms with E-state index in [0.29, 0.717) is 0 Å². The second kappa shape index (κ2) is 6.09. The summed E-state index contributed by atoms with van der Waals surface area (Å²) >= 11 is 0. The van der Waals surface area contributed by atoms with Crippen molar-refractivity contribution in [1.82, 2.24) is 35.2 Å². The van der Waals surface area contributed by atoms with Crippen molar-refractivity contribution in [2.45, 2.75) is 25.9 Å². The summed E-state index contributed by atoms with van der Waals surface area (Å²) in [5.74, 6) is 0. The number of aromatic nitrogens is 5. The molecule has 7 nitrogen and oxygen atoms in total. The van der Waals surface area contributed by atoms with Crippen LogP contribution in [0.5, 0.6) is 0 Å². The van der Waals surface area contributed by atoms with Crippen molar-refractivity contribution >= 4 is 0 Å². The minimum absolute atomic E-state index is 0.225. The minimum atomic E-state index is 0.225. The third kappa shape index (κ3) is 2.85. The fraction of sp³-hybridized carbons (Fsp3) is 0.389. The third-order valence-corrected chi connectivity index (χ3v) is 4.67. The second-order valence-electron chi connectivity index (χ2n) is 6.82. The Labute approximate surface area is 147 Å². The van der Waals surface area contributed by atoms with Gasteiger partial charge >= 0.3 is 0 Å². The molecule has 130 valence electrons. The van der Waals surface area contributed by atoms with Gasteiger partial charge in [0.05, 0.1) is 17.6 Å². The van der Waals surface area contributed by atoms with Gasteiger partial charge in [0.2, 0.25) is 0 Å². The molecule has 0 amide bonds. The van der Waals surface area contributed by atoms with Gasteiger partial charge in [-0.3, -0.25) is 9.69 Å². The maximum atomic E-state index is 4.32. The van der Waals surface area contributed by atoms with Gasteiger partial charge in [-0.15, -0.1) is 5.10 Å². The van der Waals surface area contributed by atoms with Gasteiger partial charge in [-0.2, -0.15) is 5.10 Å². The highest BCUT2D eigenvalue weighted by Crippen LogP contribution is 2.37. The lowest BCUT2D eigenvalue weighted by Crippen LogP contribution is -2.34. The standard InChI is InChI=1S/C18H23N7/c1-12-18-15-6-5-13(14-10-19-24(4)11-14)9-16(15)17(21-23(2)3)7-8-25(18)22-20-12/h5-6,9-11,17,21H,7-8H2,1-4H3. The van der Waals surface area contributed by atoms with Gasteiger partial charge in [0.15, 0.2) is 0 Å². The lowest BCUT2D eigenvalue weighted by Gasteiger charge is -2.24. The molecular formula is C18H23N7. The Hall–Kier alpha value is -2.51. The van der Waals surface area contributed by atoms with E-state index in [1.54, 1.807) is 0 Å². The van der Waals surface area contributed by atoms with E-state index in [-0.39, 0.29) is 6.04 Å². The summed E-state index contributed by atoms with van der Waals surface area (Å²) in [6.45, 7) is 2.87. The number of hydrogen-bond donors (Lipinski definition) is 1. The largest absolute Gasteiger partial charge is 0.275 e. The first-order valence-corrected chi connectivity index (χ1v) is 8.50. The molecule has 2 aromatic heterocycles. The van der Waals surface area contributed by atoms with E-state index in [1.165, 1.54) is 16.7 Å². The van der Waals surface area contributed by atoms with E-state index in [0.717, 1.165) is 29.9 Å². The molecule has 1 unspecified atom stereocenters. The van der Waals surface area contributed by atoms with E-state index < -0.39 is 0 Å². The smallest absolute Gasteiger partial charge is 0.0918 e. The zero-order chi connectivity index (χ0) is 17.6. The first kappa shape index (κ1) is 16.0. The fourth-order valence-electron chi connectivity index (χ4n) is 3.56. The number of aryl methyl sites for hydroxylation is 3. The lowest BCUT2D eigenvalue weighted by molar-refractivity contribution is 0.231. The molecule has 0 radical (unpaired) electrons. The summed E-state index contributed by atoms with van der Waals surface area (Å²) in [6.07, 6.45) is 4.91. The van der Waals surface area contributed by atoms with Gasteiger partial charge in [0, 0.05) is 51.1 Å². The molecule has 1 N–H and O–H groups in total. The van der Waals surface area contributed by atoms with E-state index >= 15 is 0 Å². The molecule has 1 atom stereocenters. The van der Waals surface area contributed by atoms with Crippen molar-refractivity contribution in [2.24, 2.45) is 7.05 Å². The van der Waals surface area contributed by atoms with Crippen molar-refractivity contribution in [1.29, 1.82) is 0 Å². The molecule has 1 aromatic carbocycles. The zero-order valence-electron chi connectivity index (χ0n) is 15.1. The van der Waals surface area contributed by atoms with Crippen molar-refractivity contribution < 1.29 is 0 Å². The molecule has 4 rings (SSSR count). The van der Waals surface area contributed by atoms with E-state index in [1.807, 2.05) is 54.8 Å². The summed E-state index contributed by atoms with van der Waals surface area (Å²) in [5, 5.41) is 14.9. The molecule has 0 bridgehead atoms. The highest BCUT2D eigenvalue weighted by molar-refractivity contribution is 5.73. The monoisotopic (exact) mass is 337 g/mol. The van der Waals surface area contributed by atoms with Crippen LogP contribution in [0.1, 0.15) is 23.7 Å². The quantitative estimate of drug-likeness (QED) is 0.742. The number of fused-ring (bicyclic) bond motifs is 3. The highest BCUT2D eigenvalue weighted by atomic mass is 15.5. The number of hydrazine groups is 1. The Kier molecular flexibility index (Phi) is 3.89. The summed E-state index contributed by atoms with van der Waals surface area (Å²) in [7, 11) is 6.00. The highest BCUT2D eigenvalue weighted by Gasteiger charge is 2.25. The average molecular weight is 337 g/mol. The fourth-order valence-corrected chi connectivity index (χ4v) is 3.56. The van der Waals surface area contributed by atoms with Gasteiger partial charge in [-0.1, -0.05) is 17.3 Å². The van der Waals surface area contributed by atoms with Gasteiger partial charge < -0.3 is 0 Å². The van der Waals surface area contributed by atoms with Crippen molar-refractivity contribution in [3.05, 3.63) is 41.9 Å². The van der Waals surface area contributed by atoms with Crippen LogP contribution in [-0.4, -0.2) is 43.9 Å². The van der Waals surface area contributed by atoms with E-state index in [2.05, 4.69) is 39.0 Å². The van der Waals surface area contributed by atoms with E-state index in [9.17, 15) is 0 Å². The first-order valence-electron chi connectivity index (χ1n) is 8.50. The number of hydrogen-bond acceptors (Lipinski definition) is 5. The molecule has 25 heavy (non-hydrogen) atoms. The molecule has 1 aliphatic rings. The normalized spacial score (nSPS) is 16.6. The second-order valence-corrected chi connectivity index (χ2v) is 6.82. The Bertz CT molecular complexity index is 906. The average Bonchev–Trinajstić information content (AvgIpc) is 3.12. The lowest BCUT2D eigenvalue weighted by atomic mass is 9.93. The van der Waals surface area contributed by atoms with Crippen molar-refractivity contribution in [3.63, 3.8) is 0 Å². The number of nitrogens with one attached hydrogen (secondary N) is 1. The van der Waals surface area contributed by atoms with Crippen LogP contribution in [0, 0.1) is 6.92 Å². The summed E-state index contributed by atoms with van der Waals surface area (Å²) in [4.78, 5) is 0. The van der Waals surface area contributed by atoms with Gasteiger partial charge in [-0.05, 0) is 30.5 Å². The predicted molar refractivity (Wildman–Crippen MR) is 96.6 cm³/mol. The summed E-state index contributed by atoms with van der Waals surface area (Å²) in [5.41, 5.74) is 10.4. The van der Waals surface area contributed by atoms with Crippen molar-refractivity contribution in [3.8, 4) is 22.4 Å². The van der Waals surface area contributed by atoms with Gasteiger partial charge in [0.1, 0.15) is 0 Å². The van der Waals surface area contributed by atoms with Crippen LogP contribution in [-0.2, 0) is 13.6 Å². The van der Waals surface area contributed by atoms with Gasteiger partial charge in [-0.25, -0.2) is 10.1 Å². The topological polar surface area (TPSA) is 63.8 Å². The molecule has 3 aromatic rings. The molecule has 7 heteroatoms. The zero-order valence-corrected chi connectivity index (χ0v) is 15.1. The molecular weight excluding hydrogens is 314 g/mol. The van der Waals surface area contributed by atoms with Crippen LogP contribution in [0.3, 0.4) is 0 Å². The first-order chi connectivity index (χ1) is 12.0. The third-order valence-electron chi connectivity index (χ3n) is 4.67. The summed E-state index contributed by atoms with van der Waals surface area (Å²) < 4.78 is 3.86. The van der Waals surface area contributed by atoms with Crippen LogP contribution < -0.4 is 5.43 Å². The van der Waals surface area contributed by atoms with Crippen molar-refractivity contribution in [2.75, 3.05) is 14.1 Å². The van der Waals surface area contributed by atoms with Crippen LogP contribution in [0.4, 0.5) is 0 Å². The van der Waals surface area contributed by atoms with Crippen LogP contribution in [0.2, 0.25) is 0 Å². The minimum Gasteiger partial charge on any atom is -0.275 e. The number of benzene rings is 1. The SMILES string of the molecule is Cc1nnn2c1-c1ccc(-c3cnn(C)c3)cc1C(NN(C)C)CC2. The molecule has 0 aliphatic carbocycles. The Balaban J connectivity index is 1.87. The maximum absolute atomic E-state index is 4.32. The predicted octanol–water partition coefficient (Wildman–Crippen LogP) is 2.17. The Morgan fingerprint density at radius 2 is 2.08 bits per heavy atom. The number of nitrogens with zero attached hydrogens (tertiary/aromatic N) is 6. The molecule has 0 spiro atoms. The Morgan fingerprint density at radius 1 is 1.24 bits per heavy atom. The molecule has 1 aliphatic heterocycles. The van der Waals surface area contributed by atoms with E-state index in [4.69, 9.17) is 0 Å². The molecule has 3 heterocycles. The summed E-state index contributed by atoms with van der Waals surface area (Å²) in [6, 6.07) is 6.85. The molecule has 0 saturated heterocycles. The van der Waals surface area contributed by atoms with Gasteiger partial charge in [0.25, 0.3) is 0 Å². The maximum Gasteiger partial charge on any atom is 0.0918 e. The van der Waals surface area contributed by atoms with Crippen LogP contribution >= 0.6 is 0 Å².